The Labute approximate surface area is 128 Å². The Morgan fingerprint density at radius 1 is 1.27 bits per heavy atom. The van der Waals surface area contributed by atoms with E-state index >= 15 is 0 Å². The average Bonchev–Trinajstić information content (AvgIpc) is 2.38. The van der Waals surface area contributed by atoms with Gasteiger partial charge in [-0.1, -0.05) is 43.3 Å². The lowest BCUT2D eigenvalue weighted by molar-refractivity contribution is -0.0510. The first-order valence-electron chi connectivity index (χ1n) is 6.58. The molecular weight excluding hydrogens is 319 g/mol. The fraction of sp³-hybridized carbons (Fsp3) is 0.429. The van der Waals surface area contributed by atoms with Crippen molar-refractivity contribution >= 4 is 10.1 Å². The van der Waals surface area contributed by atoms with E-state index in [4.69, 9.17) is 13.0 Å². The molecule has 1 aliphatic rings. The van der Waals surface area contributed by atoms with Crippen LogP contribution in [0, 0.1) is 5.92 Å². The molecule has 124 valence electrons. The van der Waals surface area contributed by atoms with Crippen LogP contribution in [0.5, 0.6) is 0 Å². The zero-order chi connectivity index (χ0) is 16.8. The molecule has 1 aromatic rings. The fourth-order valence-corrected chi connectivity index (χ4v) is 1.91. The van der Waals surface area contributed by atoms with Crippen LogP contribution in [0.1, 0.15) is 18.9 Å². The molecule has 1 atom stereocenters. The van der Waals surface area contributed by atoms with Crippen LogP contribution in [-0.4, -0.2) is 29.9 Å². The van der Waals surface area contributed by atoms with E-state index in [-0.39, 0.29) is 0 Å². The molecule has 0 radical (unpaired) electrons. The van der Waals surface area contributed by atoms with E-state index in [9.17, 15) is 13.2 Å². The largest absolute Gasteiger partial charge is 0.522 e. The molecule has 1 aliphatic heterocycles. The quantitative estimate of drug-likeness (QED) is 0.663. The van der Waals surface area contributed by atoms with Gasteiger partial charge in [-0.05, 0) is 24.1 Å². The molecule has 22 heavy (non-hydrogen) atoms. The van der Waals surface area contributed by atoms with Crippen molar-refractivity contribution < 1.29 is 26.1 Å². The molecule has 1 N–H and O–H groups in total. The van der Waals surface area contributed by atoms with Gasteiger partial charge >= 0.3 is 15.6 Å². The van der Waals surface area contributed by atoms with Crippen molar-refractivity contribution in [3.05, 3.63) is 48.2 Å². The number of hydrogen-bond donors (Lipinski definition) is 1. The molecule has 8 heteroatoms. The zero-order valence-electron chi connectivity index (χ0n) is 12.0. The summed E-state index contributed by atoms with van der Waals surface area (Å²) in [5.74, 6) is 0.795. The van der Waals surface area contributed by atoms with Gasteiger partial charge in [0, 0.05) is 13.1 Å². The van der Waals surface area contributed by atoms with Gasteiger partial charge in [0.15, 0.2) is 0 Å². The summed E-state index contributed by atoms with van der Waals surface area (Å²) in [6.07, 6.45) is 5.73. The third-order valence-corrected chi connectivity index (χ3v) is 3.51. The Morgan fingerprint density at radius 2 is 1.82 bits per heavy atom. The SMILES string of the molecule is CC1CC=CN(Cc2ccccc2)C1.O=S(=O)(O)C(F)(F)F. The number of hydrogen-bond acceptors (Lipinski definition) is 3. The molecule has 4 nitrogen and oxygen atoms in total. The van der Waals surface area contributed by atoms with Gasteiger partial charge in [-0.2, -0.15) is 21.6 Å². The minimum Gasteiger partial charge on any atom is -0.373 e. The second kappa shape index (κ2) is 7.64. The Hall–Kier alpha value is -1.54. The highest BCUT2D eigenvalue weighted by molar-refractivity contribution is 7.86. The molecule has 0 aliphatic carbocycles. The Kier molecular flexibility index (Phi) is 6.43. The van der Waals surface area contributed by atoms with Gasteiger partial charge in [-0.3, -0.25) is 4.55 Å². The zero-order valence-corrected chi connectivity index (χ0v) is 12.8. The Bertz CT molecular complexity index is 585. The van der Waals surface area contributed by atoms with Crippen LogP contribution in [0.15, 0.2) is 42.6 Å². The molecule has 1 unspecified atom stereocenters. The molecule has 1 heterocycles. The minimum absolute atomic E-state index is 0.795. The molecule has 0 amide bonds. The van der Waals surface area contributed by atoms with Gasteiger partial charge in [-0.15, -0.1) is 0 Å². The van der Waals surface area contributed by atoms with Crippen molar-refractivity contribution in [2.75, 3.05) is 6.54 Å². The summed E-state index contributed by atoms with van der Waals surface area (Å²) in [6, 6.07) is 10.7. The van der Waals surface area contributed by atoms with Crippen molar-refractivity contribution in [2.24, 2.45) is 5.92 Å². The maximum absolute atomic E-state index is 10.7. The minimum atomic E-state index is -5.84. The number of benzene rings is 1. The first-order valence-corrected chi connectivity index (χ1v) is 8.02. The highest BCUT2D eigenvalue weighted by atomic mass is 32.2. The second-order valence-corrected chi connectivity index (χ2v) is 6.47. The molecule has 0 saturated carbocycles. The third-order valence-electron chi connectivity index (χ3n) is 2.92. The van der Waals surface area contributed by atoms with Crippen molar-refractivity contribution in [3.8, 4) is 0 Å². The summed E-state index contributed by atoms with van der Waals surface area (Å²) in [7, 11) is -5.84. The van der Waals surface area contributed by atoms with Gasteiger partial charge < -0.3 is 4.90 Å². The average molecular weight is 337 g/mol. The van der Waals surface area contributed by atoms with Crippen molar-refractivity contribution in [3.63, 3.8) is 0 Å². The van der Waals surface area contributed by atoms with E-state index in [0.717, 1.165) is 12.5 Å². The lowest BCUT2D eigenvalue weighted by Crippen LogP contribution is -2.25. The second-order valence-electron chi connectivity index (χ2n) is 5.06. The van der Waals surface area contributed by atoms with Crippen LogP contribution < -0.4 is 0 Å². The smallest absolute Gasteiger partial charge is 0.373 e. The van der Waals surface area contributed by atoms with Crippen LogP contribution >= 0.6 is 0 Å². The third kappa shape index (κ3) is 6.48. The Morgan fingerprint density at radius 3 is 2.27 bits per heavy atom. The van der Waals surface area contributed by atoms with E-state index in [1.165, 1.54) is 18.5 Å². The summed E-state index contributed by atoms with van der Waals surface area (Å²) in [5.41, 5.74) is -4.14. The van der Waals surface area contributed by atoms with E-state index in [2.05, 4.69) is 54.4 Å². The van der Waals surface area contributed by atoms with Crippen LogP contribution in [0.25, 0.3) is 0 Å². The van der Waals surface area contributed by atoms with Crippen LogP contribution in [0.4, 0.5) is 13.2 Å². The highest BCUT2D eigenvalue weighted by Crippen LogP contribution is 2.20. The Balaban J connectivity index is 0.000000261. The number of nitrogens with zero attached hydrogens (tertiary/aromatic N) is 1. The summed E-state index contributed by atoms with van der Waals surface area (Å²) < 4.78 is 57.5. The van der Waals surface area contributed by atoms with Crippen molar-refractivity contribution in [1.29, 1.82) is 0 Å². The van der Waals surface area contributed by atoms with E-state index < -0.39 is 15.6 Å². The molecule has 0 fully saturated rings. The molecule has 1 aromatic carbocycles. The molecule has 0 bridgehead atoms. The normalized spacial score (nSPS) is 18.6. The monoisotopic (exact) mass is 337 g/mol. The summed E-state index contributed by atoms with van der Waals surface area (Å²) in [5, 5.41) is 0. The van der Waals surface area contributed by atoms with Crippen LogP contribution in [0.3, 0.4) is 0 Å². The fourth-order valence-electron chi connectivity index (χ4n) is 1.91. The van der Waals surface area contributed by atoms with Gasteiger partial charge in [0.25, 0.3) is 0 Å². The lowest BCUT2D eigenvalue weighted by atomic mass is 10.0. The van der Waals surface area contributed by atoms with E-state index in [1.54, 1.807) is 0 Å². The van der Waals surface area contributed by atoms with E-state index in [0.29, 0.717) is 0 Å². The summed E-state index contributed by atoms with van der Waals surface area (Å²) in [4.78, 5) is 2.39. The standard InChI is InChI=1S/C13H17N.CHF3O3S/c1-12-6-5-9-14(10-12)11-13-7-3-2-4-8-13;2-1(3,4)8(5,6)7/h2-5,7-9,12H,6,10-11H2,1H3;(H,5,6,7). The topological polar surface area (TPSA) is 57.6 Å². The van der Waals surface area contributed by atoms with Crippen LogP contribution in [0.2, 0.25) is 0 Å². The van der Waals surface area contributed by atoms with Gasteiger partial charge in [0.2, 0.25) is 0 Å². The number of alkyl halides is 3. The number of rotatable bonds is 2. The predicted molar refractivity (Wildman–Crippen MR) is 77.4 cm³/mol. The molecule has 2 rings (SSSR count). The lowest BCUT2D eigenvalue weighted by Gasteiger charge is -2.27. The van der Waals surface area contributed by atoms with Crippen molar-refractivity contribution in [2.45, 2.75) is 25.4 Å². The molecule has 0 aromatic heterocycles. The number of allylic oxidation sites excluding steroid dienone is 1. The van der Waals surface area contributed by atoms with Crippen molar-refractivity contribution in [1.82, 2.24) is 4.90 Å². The molecular formula is C14H18F3NO3S. The first kappa shape index (κ1) is 18.5. The number of halogens is 3. The maximum atomic E-state index is 10.7. The van der Waals surface area contributed by atoms with Crippen LogP contribution in [-0.2, 0) is 16.7 Å². The van der Waals surface area contributed by atoms with Gasteiger partial charge in [-0.25, -0.2) is 0 Å². The summed E-state index contributed by atoms with van der Waals surface area (Å²) >= 11 is 0. The summed E-state index contributed by atoms with van der Waals surface area (Å²) in [6.45, 7) is 4.54. The van der Waals surface area contributed by atoms with Gasteiger partial charge in [0.05, 0.1) is 0 Å². The highest BCUT2D eigenvalue weighted by Gasteiger charge is 2.44. The molecule has 0 saturated heterocycles. The van der Waals surface area contributed by atoms with Gasteiger partial charge in [0.1, 0.15) is 0 Å². The van der Waals surface area contributed by atoms with E-state index in [1.807, 2.05) is 0 Å². The first-order chi connectivity index (χ1) is 10.1. The maximum Gasteiger partial charge on any atom is 0.522 e. The predicted octanol–water partition coefficient (Wildman–Crippen LogP) is 3.44. The molecule has 0 spiro atoms.